The molecular weight excluding hydrogens is 352 g/mol. The number of nitrogens with one attached hydrogen (secondary N) is 2. The van der Waals surface area contributed by atoms with Gasteiger partial charge in [-0.3, -0.25) is 9.59 Å². The van der Waals surface area contributed by atoms with Crippen molar-refractivity contribution in [3.05, 3.63) is 29.8 Å². The summed E-state index contributed by atoms with van der Waals surface area (Å²) in [5, 5.41) is 9.53. The van der Waals surface area contributed by atoms with Crippen LogP contribution < -0.4 is 10.1 Å². The second-order valence-electron chi connectivity index (χ2n) is 6.09. The van der Waals surface area contributed by atoms with Gasteiger partial charge in [0.05, 0.1) is 19.4 Å². The minimum atomic E-state index is -1.01. The molecule has 148 valence electrons. The van der Waals surface area contributed by atoms with Crippen molar-refractivity contribution in [3.63, 3.8) is 0 Å². The fourth-order valence-corrected chi connectivity index (χ4v) is 2.34. The summed E-state index contributed by atoms with van der Waals surface area (Å²) in [6.07, 6.45) is -0.646. The Hall–Kier alpha value is -2.74. The smallest absolute Gasteiger partial charge is 0.328 e. The van der Waals surface area contributed by atoms with E-state index in [1.165, 1.54) is 14.2 Å². The van der Waals surface area contributed by atoms with Gasteiger partial charge in [0.15, 0.2) is 11.9 Å². The van der Waals surface area contributed by atoms with Gasteiger partial charge in [-0.2, -0.15) is 0 Å². The van der Waals surface area contributed by atoms with Crippen LogP contribution in [-0.2, 0) is 23.9 Å². The molecule has 0 radical (unpaired) electrons. The molecule has 1 aromatic rings. The maximum absolute atomic E-state index is 12.6. The quantitative estimate of drug-likeness (QED) is 0.448. The molecule has 0 aliphatic heterocycles. The lowest BCUT2D eigenvalue weighted by Gasteiger charge is -2.22. The molecule has 0 heterocycles. The van der Waals surface area contributed by atoms with Crippen LogP contribution in [-0.4, -0.2) is 50.2 Å². The first-order valence-corrected chi connectivity index (χ1v) is 8.53. The predicted octanol–water partition coefficient (Wildman–Crippen LogP) is 1.82. The van der Waals surface area contributed by atoms with Crippen molar-refractivity contribution in [2.45, 2.75) is 44.9 Å². The predicted molar refractivity (Wildman–Crippen MR) is 98.9 cm³/mol. The first-order chi connectivity index (χ1) is 12.8. The minimum absolute atomic E-state index is 0.0323. The van der Waals surface area contributed by atoms with Crippen LogP contribution in [0.2, 0.25) is 0 Å². The number of ether oxygens (including phenoxy) is 3. The molecule has 27 heavy (non-hydrogen) atoms. The number of Topliss-reactive ketones (excluding diaryl/α,β-unsaturated/α-hetero) is 1. The third kappa shape index (κ3) is 7.18. The Kier molecular flexibility index (Phi) is 9.15. The summed E-state index contributed by atoms with van der Waals surface area (Å²) in [6, 6.07) is 5.75. The highest BCUT2D eigenvalue weighted by molar-refractivity contribution is 6.26. The van der Waals surface area contributed by atoms with Crippen LogP contribution in [0.25, 0.3) is 0 Å². The average molecular weight is 378 g/mol. The van der Waals surface area contributed by atoms with Gasteiger partial charge in [-0.1, -0.05) is 12.1 Å². The maximum Gasteiger partial charge on any atom is 0.328 e. The SMILES string of the molecule is COc1ccc([C@H](OC)C(=O)N[C@@H](CCC(=O)C=N)C(=O)OC(C)C)cc1. The molecule has 0 saturated carbocycles. The van der Waals surface area contributed by atoms with Crippen molar-refractivity contribution >= 4 is 23.9 Å². The van der Waals surface area contributed by atoms with E-state index in [0.717, 1.165) is 0 Å². The van der Waals surface area contributed by atoms with Crippen molar-refractivity contribution in [2.24, 2.45) is 0 Å². The summed E-state index contributed by atoms with van der Waals surface area (Å²) in [6.45, 7) is 3.38. The van der Waals surface area contributed by atoms with Gasteiger partial charge in [-0.25, -0.2) is 4.79 Å². The van der Waals surface area contributed by atoms with E-state index < -0.39 is 29.8 Å². The largest absolute Gasteiger partial charge is 0.497 e. The highest BCUT2D eigenvalue weighted by atomic mass is 16.5. The number of benzene rings is 1. The van der Waals surface area contributed by atoms with Gasteiger partial charge in [-0.15, -0.1) is 0 Å². The highest BCUT2D eigenvalue weighted by Gasteiger charge is 2.28. The third-order valence-corrected chi connectivity index (χ3v) is 3.69. The van der Waals surface area contributed by atoms with E-state index in [4.69, 9.17) is 19.6 Å². The molecule has 2 N–H and O–H groups in total. The van der Waals surface area contributed by atoms with E-state index in [9.17, 15) is 14.4 Å². The summed E-state index contributed by atoms with van der Waals surface area (Å²) in [5.41, 5.74) is 0.586. The van der Waals surface area contributed by atoms with Crippen LogP contribution in [0.5, 0.6) is 5.75 Å². The highest BCUT2D eigenvalue weighted by Crippen LogP contribution is 2.21. The monoisotopic (exact) mass is 378 g/mol. The molecule has 1 amide bonds. The van der Waals surface area contributed by atoms with E-state index in [1.54, 1.807) is 38.1 Å². The van der Waals surface area contributed by atoms with Gasteiger partial charge < -0.3 is 24.9 Å². The Morgan fingerprint density at radius 3 is 2.26 bits per heavy atom. The van der Waals surface area contributed by atoms with Gasteiger partial charge in [0.25, 0.3) is 5.91 Å². The minimum Gasteiger partial charge on any atom is -0.497 e. The van der Waals surface area contributed by atoms with Crippen LogP contribution in [0.1, 0.15) is 38.4 Å². The van der Waals surface area contributed by atoms with E-state index in [1.807, 2.05) is 0 Å². The van der Waals surface area contributed by atoms with Crippen LogP contribution >= 0.6 is 0 Å². The van der Waals surface area contributed by atoms with Crippen molar-refractivity contribution in [1.82, 2.24) is 5.32 Å². The molecule has 0 aliphatic rings. The summed E-state index contributed by atoms with van der Waals surface area (Å²) in [7, 11) is 2.92. The van der Waals surface area contributed by atoms with Crippen molar-refractivity contribution in [1.29, 1.82) is 5.41 Å². The van der Waals surface area contributed by atoms with Crippen LogP contribution in [0.15, 0.2) is 24.3 Å². The number of rotatable bonds is 11. The van der Waals surface area contributed by atoms with Crippen molar-refractivity contribution < 1.29 is 28.6 Å². The Morgan fingerprint density at radius 1 is 1.15 bits per heavy atom. The van der Waals surface area contributed by atoms with Crippen LogP contribution in [0.4, 0.5) is 0 Å². The second kappa shape index (κ2) is 11.1. The zero-order chi connectivity index (χ0) is 20.4. The number of hydrogen-bond donors (Lipinski definition) is 2. The number of carbonyl (C=O) groups is 3. The molecule has 0 bridgehead atoms. The molecular formula is C19H26N2O6. The van der Waals surface area contributed by atoms with E-state index in [0.29, 0.717) is 17.5 Å². The molecule has 2 atom stereocenters. The molecule has 1 rings (SSSR count). The van der Waals surface area contributed by atoms with E-state index in [-0.39, 0.29) is 18.9 Å². The lowest BCUT2D eigenvalue weighted by Crippen LogP contribution is -2.45. The summed E-state index contributed by atoms with van der Waals surface area (Å²) >= 11 is 0. The van der Waals surface area contributed by atoms with Crippen molar-refractivity contribution in [3.8, 4) is 5.75 Å². The first-order valence-electron chi connectivity index (χ1n) is 8.53. The van der Waals surface area contributed by atoms with Gasteiger partial charge in [0.1, 0.15) is 11.8 Å². The fraction of sp³-hybridized carbons (Fsp3) is 0.474. The summed E-state index contributed by atoms with van der Waals surface area (Å²) < 4.78 is 15.5. The normalized spacial score (nSPS) is 12.8. The number of hydrogen-bond acceptors (Lipinski definition) is 7. The maximum atomic E-state index is 12.6. The molecule has 0 aliphatic carbocycles. The van der Waals surface area contributed by atoms with Crippen molar-refractivity contribution in [2.75, 3.05) is 14.2 Å². The van der Waals surface area contributed by atoms with Gasteiger partial charge in [-0.05, 0) is 38.0 Å². The first kappa shape index (κ1) is 22.3. The number of carbonyl (C=O) groups excluding carboxylic acids is 3. The molecule has 0 spiro atoms. The lowest BCUT2D eigenvalue weighted by molar-refractivity contribution is -0.152. The molecule has 0 saturated heterocycles. The molecule has 1 aromatic carbocycles. The molecule has 0 fully saturated rings. The molecule has 8 nitrogen and oxygen atoms in total. The Bertz CT molecular complexity index is 657. The standard InChI is InChI=1S/C19H26N2O6/c1-12(2)27-19(24)16(10-7-14(22)11-20)21-18(23)17(26-4)13-5-8-15(25-3)9-6-13/h5-6,8-9,11-12,16-17,20H,7,10H2,1-4H3,(H,21,23)/t16-,17-/m0/s1. The lowest BCUT2D eigenvalue weighted by atomic mass is 10.1. The summed E-state index contributed by atoms with van der Waals surface area (Å²) in [4.78, 5) is 36.3. The average Bonchev–Trinajstić information content (AvgIpc) is 2.65. The van der Waals surface area contributed by atoms with Crippen LogP contribution in [0.3, 0.4) is 0 Å². The molecule has 0 unspecified atom stereocenters. The topological polar surface area (TPSA) is 115 Å². The third-order valence-electron chi connectivity index (χ3n) is 3.69. The molecule has 0 aromatic heterocycles. The number of ketones is 1. The zero-order valence-corrected chi connectivity index (χ0v) is 16.0. The number of methoxy groups -OCH3 is 2. The van der Waals surface area contributed by atoms with E-state index in [2.05, 4.69) is 5.32 Å². The Morgan fingerprint density at radius 2 is 1.78 bits per heavy atom. The second-order valence-corrected chi connectivity index (χ2v) is 6.09. The van der Waals surface area contributed by atoms with Gasteiger partial charge in [0.2, 0.25) is 0 Å². The number of esters is 1. The van der Waals surface area contributed by atoms with E-state index >= 15 is 0 Å². The summed E-state index contributed by atoms with van der Waals surface area (Å²) in [5.74, 6) is -0.973. The Balaban J connectivity index is 2.90. The Labute approximate surface area is 158 Å². The fourth-order valence-electron chi connectivity index (χ4n) is 2.34. The zero-order valence-electron chi connectivity index (χ0n) is 16.0. The van der Waals surface area contributed by atoms with Gasteiger partial charge in [0, 0.05) is 13.5 Å². The molecule has 8 heteroatoms. The number of amides is 1. The van der Waals surface area contributed by atoms with Gasteiger partial charge >= 0.3 is 5.97 Å². The van der Waals surface area contributed by atoms with Crippen LogP contribution in [0, 0.1) is 5.41 Å².